The summed E-state index contributed by atoms with van der Waals surface area (Å²) in [5.41, 5.74) is 6.07. The maximum Gasteiger partial charge on any atom is 0.309 e. The van der Waals surface area contributed by atoms with Crippen LogP contribution >= 0.6 is 0 Å². The summed E-state index contributed by atoms with van der Waals surface area (Å²) in [5.74, 6) is 0.440. The first kappa shape index (κ1) is 14.5. The second kappa shape index (κ2) is 6.97. The van der Waals surface area contributed by atoms with Crippen LogP contribution in [0.25, 0.3) is 0 Å². The molecule has 1 rings (SSSR count). The minimum atomic E-state index is -0.0876. The summed E-state index contributed by atoms with van der Waals surface area (Å²) in [6, 6.07) is 0.328. The maximum absolute atomic E-state index is 11.6. The molecule has 0 aromatic carbocycles. The molecular weight excluding hydrogens is 216 g/mol. The van der Waals surface area contributed by atoms with Gasteiger partial charge in [-0.2, -0.15) is 0 Å². The van der Waals surface area contributed by atoms with Crippen LogP contribution in [0.15, 0.2) is 0 Å². The summed E-state index contributed by atoms with van der Waals surface area (Å²) in [7, 11) is 0. The first-order valence-corrected chi connectivity index (χ1v) is 6.73. The average molecular weight is 242 g/mol. The van der Waals surface area contributed by atoms with E-state index in [2.05, 4.69) is 11.8 Å². The number of nitrogens with two attached hydrogens (primary N) is 1. The van der Waals surface area contributed by atoms with Crippen LogP contribution in [0.5, 0.6) is 0 Å². The average Bonchev–Trinajstić information content (AvgIpc) is 2.31. The third kappa shape index (κ3) is 4.28. The molecule has 3 unspecified atom stereocenters. The number of rotatable bonds is 5. The predicted molar refractivity (Wildman–Crippen MR) is 68.6 cm³/mol. The number of hydrogen-bond acceptors (Lipinski definition) is 4. The molecule has 0 bridgehead atoms. The van der Waals surface area contributed by atoms with Crippen molar-refractivity contribution in [1.29, 1.82) is 0 Å². The fourth-order valence-electron chi connectivity index (χ4n) is 2.47. The van der Waals surface area contributed by atoms with Gasteiger partial charge in [-0.25, -0.2) is 0 Å². The van der Waals surface area contributed by atoms with Crippen LogP contribution in [0, 0.1) is 11.8 Å². The lowest BCUT2D eigenvalue weighted by molar-refractivity contribution is -0.148. The number of esters is 1. The van der Waals surface area contributed by atoms with Gasteiger partial charge in [-0.05, 0) is 25.8 Å². The van der Waals surface area contributed by atoms with Crippen molar-refractivity contribution in [3.63, 3.8) is 0 Å². The van der Waals surface area contributed by atoms with E-state index in [1.165, 1.54) is 0 Å². The van der Waals surface area contributed by atoms with Gasteiger partial charge >= 0.3 is 5.97 Å². The van der Waals surface area contributed by atoms with Crippen LogP contribution < -0.4 is 5.73 Å². The molecule has 0 radical (unpaired) electrons. The van der Waals surface area contributed by atoms with E-state index in [1.54, 1.807) is 0 Å². The molecule has 1 aliphatic rings. The quantitative estimate of drug-likeness (QED) is 0.737. The normalized spacial score (nSPS) is 27.8. The molecule has 3 atom stereocenters. The Balaban J connectivity index is 2.39. The summed E-state index contributed by atoms with van der Waals surface area (Å²) >= 11 is 0. The van der Waals surface area contributed by atoms with Gasteiger partial charge in [-0.15, -0.1) is 0 Å². The van der Waals surface area contributed by atoms with Gasteiger partial charge in [-0.1, -0.05) is 20.3 Å². The molecule has 1 fully saturated rings. The molecule has 0 aromatic rings. The van der Waals surface area contributed by atoms with Gasteiger partial charge in [0.25, 0.3) is 0 Å². The van der Waals surface area contributed by atoms with Crippen molar-refractivity contribution in [3.05, 3.63) is 0 Å². The lowest BCUT2D eigenvalue weighted by Gasteiger charge is -2.37. The standard InChI is InChI=1S/C13H26N2O2/c1-4-11-9-15(7-6-12(11)14)8-10(3)13(16)17-5-2/h10-12H,4-9,14H2,1-3H3. The molecular formula is C13H26N2O2. The van der Waals surface area contributed by atoms with Gasteiger partial charge < -0.3 is 15.4 Å². The molecule has 1 heterocycles. The zero-order valence-electron chi connectivity index (χ0n) is 11.3. The molecule has 1 aliphatic heterocycles. The van der Waals surface area contributed by atoms with Gasteiger partial charge in [0.15, 0.2) is 0 Å². The third-order valence-corrected chi connectivity index (χ3v) is 3.62. The van der Waals surface area contributed by atoms with E-state index in [0.29, 0.717) is 18.6 Å². The van der Waals surface area contributed by atoms with E-state index in [-0.39, 0.29) is 11.9 Å². The van der Waals surface area contributed by atoms with Crippen LogP contribution in [-0.2, 0) is 9.53 Å². The van der Waals surface area contributed by atoms with Crippen LogP contribution in [-0.4, -0.2) is 43.2 Å². The number of hydrogen-bond donors (Lipinski definition) is 1. The molecule has 100 valence electrons. The molecule has 0 aromatic heterocycles. The Hall–Kier alpha value is -0.610. The summed E-state index contributed by atoms with van der Waals surface area (Å²) in [5, 5.41) is 0. The van der Waals surface area contributed by atoms with Crippen molar-refractivity contribution in [2.24, 2.45) is 17.6 Å². The summed E-state index contributed by atoms with van der Waals surface area (Å²) in [6.45, 7) is 9.24. The number of carbonyl (C=O) groups is 1. The summed E-state index contributed by atoms with van der Waals surface area (Å²) in [6.07, 6.45) is 2.15. The highest BCUT2D eigenvalue weighted by molar-refractivity contribution is 5.72. The van der Waals surface area contributed by atoms with Crippen molar-refractivity contribution in [2.45, 2.75) is 39.7 Å². The van der Waals surface area contributed by atoms with Crippen molar-refractivity contribution < 1.29 is 9.53 Å². The summed E-state index contributed by atoms with van der Waals surface area (Å²) < 4.78 is 5.03. The van der Waals surface area contributed by atoms with Gasteiger partial charge in [0.1, 0.15) is 0 Å². The highest BCUT2D eigenvalue weighted by atomic mass is 16.5. The van der Waals surface area contributed by atoms with Gasteiger partial charge in [0, 0.05) is 19.1 Å². The zero-order chi connectivity index (χ0) is 12.8. The molecule has 4 nitrogen and oxygen atoms in total. The number of ether oxygens (including phenoxy) is 1. The van der Waals surface area contributed by atoms with Crippen LogP contribution in [0.4, 0.5) is 0 Å². The van der Waals surface area contributed by atoms with Crippen molar-refractivity contribution >= 4 is 5.97 Å². The molecule has 0 amide bonds. The van der Waals surface area contributed by atoms with Gasteiger partial charge in [0.05, 0.1) is 12.5 Å². The minimum absolute atomic E-state index is 0.0400. The van der Waals surface area contributed by atoms with E-state index < -0.39 is 0 Å². The topological polar surface area (TPSA) is 55.6 Å². The highest BCUT2D eigenvalue weighted by Gasteiger charge is 2.27. The predicted octanol–water partition coefficient (Wildman–Crippen LogP) is 1.24. The number of nitrogens with zero attached hydrogens (tertiary/aromatic N) is 1. The Morgan fingerprint density at radius 3 is 2.82 bits per heavy atom. The Morgan fingerprint density at radius 2 is 2.24 bits per heavy atom. The third-order valence-electron chi connectivity index (χ3n) is 3.62. The summed E-state index contributed by atoms with van der Waals surface area (Å²) in [4.78, 5) is 13.9. The van der Waals surface area contributed by atoms with Crippen LogP contribution in [0.3, 0.4) is 0 Å². The van der Waals surface area contributed by atoms with Crippen LogP contribution in [0.2, 0.25) is 0 Å². The first-order chi connectivity index (χ1) is 8.08. The fraction of sp³-hybridized carbons (Fsp3) is 0.923. The Labute approximate surface area is 104 Å². The van der Waals surface area contributed by atoms with Gasteiger partial charge in [-0.3, -0.25) is 4.79 Å². The minimum Gasteiger partial charge on any atom is -0.466 e. The van der Waals surface area contributed by atoms with Crippen molar-refractivity contribution in [2.75, 3.05) is 26.2 Å². The van der Waals surface area contributed by atoms with Crippen molar-refractivity contribution in [3.8, 4) is 0 Å². The molecule has 0 aliphatic carbocycles. The largest absolute Gasteiger partial charge is 0.466 e. The number of carbonyl (C=O) groups excluding carboxylic acids is 1. The second-order valence-electron chi connectivity index (χ2n) is 5.03. The zero-order valence-corrected chi connectivity index (χ0v) is 11.3. The second-order valence-corrected chi connectivity index (χ2v) is 5.03. The van der Waals surface area contributed by atoms with E-state index >= 15 is 0 Å². The lowest BCUT2D eigenvalue weighted by Crippen LogP contribution is -2.48. The SMILES string of the molecule is CCOC(=O)C(C)CN1CCC(N)C(CC)C1. The monoisotopic (exact) mass is 242 g/mol. The van der Waals surface area contributed by atoms with Crippen LogP contribution in [0.1, 0.15) is 33.6 Å². The van der Waals surface area contributed by atoms with E-state index in [1.807, 2.05) is 13.8 Å². The Bertz CT molecular complexity index is 246. The lowest BCUT2D eigenvalue weighted by atomic mass is 9.90. The maximum atomic E-state index is 11.6. The molecule has 2 N–H and O–H groups in total. The Morgan fingerprint density at radius 1 is 1.53 bits per heavy atom. The van der Waals surface area contributed by atoms with E-state index in [4.69, 9.17) is 10.5 Å². The molecule has 4 heteroatoms. The smallest absolute Gasteiger partial charge is 0.309 e. The number of piperidine rings is 1. The molecule has 0 saturated carbocycles. The van der Waals surface area contributed by atoms with E-state index in [9.17, 15) is 4.79 Å². The van der Waals surface area contributed by atoms with Gasteiger partial charge in [0.2, 0.25) is 0 Å². The van der Waals surface area contributed by atoms with E-state index in [0.717, 1.165) is 32.5 Å². The molecule has 0 spiro atoms. The first-order valence-electron chi connectivity index (χ1n) is 6.73. The Kier molecular flexibility index (Phi) is 5.92. The molecule has 17 heavy (non-hydrogen) atoms. The molecule has 1 saturated heterocycles. The number of likely N-dealkylation sites (tertiary alicyclic amines) is 1. The fourth-order valence-corrected chi connectivity index (χ4v) is 2.47. The van der Waals surface area contributed by atoms with Crippen molar-refractivity contribution in [1.82, 2.24) is 4.90 Å². The highest BCUT2D eigenvalue weighted by Crippen LogP contribution is 2.19.